The van der Waals surface area contributed by atoms with Crippen molar-refractivity contribution in [1.82, 2.24) is 4.98 Å². The Kier molecular flexibility index (Phi) is 2.19. The van der Waals surface area contributed by atoms with Crippen molar-refractivity contribution in [2.24, 2.45) is 0 Å². The highest BCUT2D eigenvalue weighted by Crippen LogP contribution is 2.26. The van der Waals surface area contributed by atoms with Gasteiger partial charge in [-0.1, -0.05) is 18.2 Å². The first-order chi connectivity index (χ1) is 8.31. The Morgan fingerprint density at radius 2 is 1.94 bits per heavy atom. The summed E-state index contributed by atoms with van der Waals surface area (Å²) in [5, 5.41) is 9.30. The number of rotatable bonds is 2. The molecule has 1 aromatic heterocycles. The van der Waals surface area contributed by atoms with Crippen LogP contribution in [0.5, 0.6) is 17.6 Å². The predicted octanol–water partition coefficient (Wildman–Crippen LogP) is 3.33. The van der Waals surface area contributed by atoms with Gasteiger partial charge in [-0.3, -0.25) is 0 Å². The maximum Gasteiger partial charge on any atom is 0.400 e. The van der Waals surface area contributed by atoms with E-state index in [-0.39, 0.29) is 11.8 Å². The topological polar surface area (TPSA) is 55.5 Å². The molecule has 3 aromatic rings. The fraction of sp³-hybridized carbons (Fsp3) is 0. The number of aromatic hydroxyl groups is 1. The third-order valence-corrected chi connectivity index (χ3v) is 2.30. The average molecular weight is 227 g/mol. The van der Waals surface area contributed by atoms with Gasteiger partial charge in [-0.05, 0) is 24.3 Å². The second-order valence-electron chi connectivity index (χ2n) is 3.55. The second-order valence-corrected chi connectivity index (χ2v) is 3.55. The van der Waals surface area contributed by atoms with Gasteiger partial charge in [0, 0.05) is 6.07 Å². The van der Waals surface area contributed by atoms with E-state index in [0.717, 1.165) is 5.52 Å². The van der Waals surface area contributed by atoms with Gasteiger partial charge in [-0.2, -0.15) is 4.98 Å². The van der Waals surface area contributed by atoms with Gasteiger partial charge in [0.1, 0.15) is 17.0 Å². The summed E-state index contributed by atoms with van der Waals surface area (Å²) in [7, 11) is 0. The monoisotopic (exact) mass is 227 g/mol. The molecule has 3 rings (SSSR count). The molecule has 0 saturated carbocycles. The Morgan fingerprint density at radius 1 is 1.06 bits per heavy atom. The van der Waals surface area contributed by atoms with Gasteiger partial charge in [0.05, 0.1) is 0 Å². The zero-order valence-electron chi connectivity index (χ0n) is 8.83. The highest BCUT2D eigenvalue weighted by molar-refractivity contribution is 5.72. The number of aromatic nitrogens is 1. The van der Waals surface area contributed by atoms with Gasteiger partial charge in [-0.25, -0.2) is 0 Å². The van der Waals surface area contributed by atoms with E-state index >= 15 is 0 Å². The van der Waals surface area contributed by atoms with E-state index in [2.05, 4.69) is 4.98 Å². The van der Waals surface area contributed by atoms with E-state index in [1.807, 2.05) is 24.3 Å². The van der Waals surface area contributed by atoms with Crippen LogP contribution in [0.2, 0.25) is 0 Å². The van der Waals surface area contributed by atoms with Crippen LogP contribution >= 0.6 is 0 Å². The zero-order valence-corrected chi connectivity index (χ0v) is 8.83. The molecule has 1 heterocycles. The summed E-state index contributed by atoms with van der Waals surface area (Å²) in [4.78, 5) is 4.17. The molecule has 0 fully saturated rings. The summed E-state index contributed by atoms with van der Waals surface area (Å²) in [5.74, 6) is 0.621. The fourth-order valence-electron chi connectivity index (χ4n) is 1.54. The summed E-state index contributed by atoms with van der Waals surface area (Å²) < 4.78 is 10.8. The van der Waals surface area contributed by atoms with Crippen molar-refractivity contribution in [3.05, 3.63) is 48.5 Å². The lowest BCUT2D eigenvalue weighted by molar-refractivity contribution is 0.341. The van der Waals surface area contributed by atoms with Gasteiger partial charge >= 0.3 is 6.08 Å². The van der Waals surface area contributed by atoms with Gasteiger partial charge < -0.3 is 14.3 Å². The number of para-hydroxylation sites is 2. The van der Waals surface area contributed by atoms with E-state index in [0.29, 0.717) is 11.3 Å². The maximum atomic E-state index is 9.30. The summed E-state index contributed by atoms with van der Waals surface area (Å²) in [5.41, 5.74) is 1.41. The molecule has 84 valence electrons. The molecule has 0 aliphatic heterocycles. The van der Waals surface area contributed by atoms with Crippen LogP contribution in [0.3, 0.4) is 0 Å². The molecule has 0 atom stereocenters. The fourth-order valence-corrected chi connectivity index (χ4v) is 1.54. The number of hydrogen-bond donors (Lipinski definition) is 1. The van der Waals surface area contributed by atoms with Crippen LogP contribution in [-0.4, -0.2) is 10.1 Å². The van der Waals surface area contributed by atoms with Gasteiger partial charge in [0.25, 0.3) is 0 Å². The largest absolute Gasteiger partial charge is 0.508 e. The molecule has 2 aromatic carbocycles. The summed E-state index contributed by atoms with van der Waals surface area (Å²) in [6.45, 7) is 0. The first kappa shape index (κ1) is 9.72. The van der Waals surface area contributed by atoms with Crippen LogP contribution in [0.25, 0.3) is 11.1 Å². The Morgan fingerprint density at radius 3 is 2.76 bits per heavy atom. The predicted molar refractivity (Wildman–Crippen MR) is 62.2 cm³/mol. The number of fused-ring (bicyclic) bond motifs is 1. The Bertz CT molecular complexity index is 627. The van der Waals surface area contributed by atoms with Crippen LogP contribution in [0.1, 0.15) is 0 Å². The van der Waals surface area contributed by atoms with Crippen molar-refractivity contribution >= 4 is 11.1 Å². The maximum absolute atomic E-state index is 9.30. The van der Waals surface area contributed by atoms with Crippen LogP contribution in [-0.2, 0) is 0 Å². The molecular formula is C13H9NO3. The number of nitrogens with zero attached hydrogens (tertiary/aromatic N) is 1. The molecule has 17 heavy (non-hydrogen) atoms. The smallest absolute Gasteiger partial charge is 0.400 e. The highest BCUT2D eigenvalue weighted by atomic mass is 16.6. The van der Waals surface area contributed by atoms with Crippen molar-refractivity contribution < 1.29 is 14.3 Å². The second kappa shape index (κ2) is 3.83. The van der Waals surface area contributed by atoms with Gasteiger partial charge in [0.2, 0.25) is 0 Å². The first-order valence-electron chi connectivity index (χ1n) is 5.14. The minimum absolute atomic E-state index is 0.138. The molecule has 0 spiro atoms. The lowest BCUT2D eigenvalue weighted by Gasteiger charge is -1.99. The molecule has 0 aliphatic carbocycles. The Hall–Kier alpha value is -2.49. The molecule has 4 nitrogen and oxygen atoms in total. The third-order valence-electron chi connectivity index (χ3n) is 2.30. The highest BCUT2D eigenvalue weighted by Gasteiger charge is 2.07. The van der Waals surface area contributed by atoms with Gasteiger partial charge in [0.15, 0.2) is 5.58 Å². The molecule has 0 bridgehead atoms. The molecular weight excluding hydrogens is 218 g/mol. The van der Waals surface area contributed by atoms with Crippen LogP contribution in [0.4, 0.5) is 0 Å². The SMILES string of the molecule is Oc1cccc(Oc2nc3ccccc3o2)c1. The van der Waals surface area contributed by atoms with Crippen LogP contribution in [0, 0.1) is 0 Å². The molecule has 0 unspecified atom stereocenters. The first-order valence-corrected chi connectivity index (χ1v) is 5.14. The number of hydrogen-bond acceptors (Lipinski definition) is 4. The van der Waals surface area contributed by atoms with Crippen LogP contribution in [0.15, 0.2) is 52.9 Å². The third kappa shape index (κ3) is 1.92. The van der Waals surface area contributed by atoms with E-state index in [1.54, 1.807) is 18.2 Å². The van der Waals surface area contributed by atoms with Crippen molar-refractivity contribution in [2.75, 3.05) is 0 Å². The molecule has 0 amide bonds. The minimum Gasteiger partial charge on any atom is -0.508 e. The number of ether oxygens (including phenoxy) is 1. The van der Waals surface area contributed by atoms with E-state index in [9.17, 15) is 5.11 Å². The van der Waals surface area contributed by atoms with Crippen molar-refractivity contribution in [1.29, 1.82) is 0 Å². The van der Waals surface area contributed by atoms with E-state index in [1.165, 1.54) is 6.07 Å². The molecule has 1 N–H and O–H groups in total. The van der Waals surface area contributed by atoms with E-state index < -0.39 is 0 Å². The van der Waals surface area contributed by atoms with Crippen molar-refractivity contribution in [3.63, 3.8) is 0 Å². The molecule has 0 saturated heterocycles. The zero-order chi connectivity index (χ0) is 11.7. The van der Waals surface area contributed by atoms with Crippen molar-refractivity contribution in [3.8, 4) is 17.6 Å². The minimum atomic E-state index is 0.138. The average Bonchev–Trinajstić information content (AvgIpc) is 2.71. The summed E-state index contributed by atoms with van der Waals surface area (Å²) in [6, 6.07) is 13.9. The molecule has 0 aliphatic rings. The number of oxazole rings is 1. The lowest BCUT2D eigenvalue weighted by Crippen LogP contribution is -1.82. The van der Waals surface area contributed by atoms with Crippen LogP contribution < -0.4 is 4.74 Å². The lowest BCUT2D eigenvalue weighted by atomic mass is 10.3. The quantitative estimate of drug-likeness (QED) is 0.729. The number of phenols is 1. The van der Waals surface area contributed by atoms with E-state index in [4.69, 9.17) is 9.15 Å². The Labute approximate surface area is 97.1 Å². The normalized spacial score (nSPS) is 10.6. The summed E-state index contributed by atoms with van der Waals surface area (Å²) in [6.07, 6.45) is 0.164. The Balaban J connectivity index is 1.94. The summed E-state index contributed by atoms with van der Waals surface area (Å²) >= 11 is 0. The van der Waals surface area contributed by atoms with Gasteiger partial charge in [-0.15, -0.1) is 0 Å². The standard InChI is InChI=1S/C13H9NO3/c15-9-4-3-5-10(8-9)16-13-14-11-6-1-2-7-12(11)17-13/h1-8,15H. The molecule has 4 heteroatoms. The number of benzene rings is 2. The molecule has 0 radical (unpaired) electrons. The van der Waals surface area contributed by atoms with Crippen molar-refractivity contribution in [2.45, 2.75) is 0 Å². The number of phenolic OH excluding ortho intramolecular Hbond substituents is 1.